The van der Waals surface area contributed by atoms with Crippen LogP contribution in [-0.2, 0) is 6.42 Å². The minimum Gasteiger partial charge on any atom is -0.436 e. The topological polar surface area (TPSA) is 67.2 Å². The fraction of sp³-hybridized carbons (Fsp3) is 0.0870. The number of hydrogen-bond acceptors (Lipinski definition) is 4. The molecule has 3 aromatic carbocycles. The lowest BCUT2D eigenvalue weighted by atomic mass is 10.1. The van der Waals surface area contributed by atoms with Crippen molar-refractivity contribution in [2.24, 2.45) is 0 Å². The molecule has 7 heteroatoms. The summed E-state index contributed by atoms with van der Waals surface area (Å²) in [6.07, 6.45) is 0.913. The number of oxazole rings is 1. The molecule has 0 aliphatic carbocycles. The van der Waals surface area contributed by atoms with E-state index in [0.29, 0.717) is 27.7 Å². The summed E-state index contributed by atoms with van der Waals surface area (Å²) in [6, 6.07) is 20.3. The molecule has 0 saturated heterocycles. The molecule has 1 aromatic heterocycles. The molecule has 0 spiro atoms. The van der Waals surface area contributed by atoms with Gasteiger partial charge in [0.1, 0.15) is 5.52 Å². The quantitative estimate of drug-likeness (QED) is 0.394. The summed E-state index contributed by atoms with van der Waals surface area (Å²) in [5.41, 5.74) is 4.45. The fourth-order valence-electron chi connectivity index (χ4n) is 2.97. The van der Waals surface area contributed by atoms with Gasteiger partial charge in [0.25, 0.3) is 5.91 Å². The van der Waals surface area contributed by atoms with E-state index >= 15 is 0 Å². The van der Waals surface area contributed by atoms with Gasteiger partial charge in [-0.1, -0.05) is 42.8 Å². The molecule has 2 N–H and O–H groups in total. The van der Waals surface area contributed by atoms with Crippen molar-refractivity contribution in [1.82, 2.24) is 10.3 Å². The molecule has 0 aliphatic rings. The molecule has 0 unspecified atom stereocenters. The Balaban J connectivity index is 1.50. The number of para-hydroxylation sites is 2. The lowest BCUT2D eigenvalue weighted by molar-refractivity contribution is 0.0977. The minimum atomic E-state index is -0.290. The van der Waals surface area contributed by atoms with Gasteiger partial charge in [0, 0.05) is 11.1 Å². The molecule has 0 aliphatic heterocycles. The van der Waals surface area contributed by atoms with Gasteiger partial charge in [-0.2, -0.15) is 0 Å². The maximum absolute atomic E-state index is 12.4. The number of amides is 1. The zero-order valence-electron chi connectivity index (χ0n) is 16.1. The van der Waals surface area contributed by atoms with Gasteiger partial charge in [-0.25, -0.2) is 4.98 Å². The molecule has 5 nitrogen and oxygen atoms in total. The smallest absolute Gasteiger partial charge is 0.257 e. The first-order valence-corrected chi connectivity index (χ1v) is 10.2. The third kappa shape index (κ3) is 4.35. The van der Waals surface area contributed by atoms with E-state index in [1.807, 2.05) is 42.5 Å². The Bertz CT molecular complexity index is 1200. The third-order valence-corrected chi connectivity index (χ3v) is 5.14. The number of benzene rings is 3. The predicted octanol–water partition coefficient (Wildman–Crippen LogP) is 5.84. The first-order chi connectivity index (χ1) is 14.5. The summed E-state index contributed by atoms with van der Waals surface area (Å²) in [6.45, 7) is 2.06. The Morgan fingerprint density at radius 1 is 1.10 bits per heavy atom. The van der Waals surface area contributed by atoms with Crippen molar-refractivity contribution < 1.29 is 9.21 Å². The predicted molar refractivity (Wildman–Crippen MR) is 124 cm³/mol. The number of carbonyl (C=O) groups excluding carboxylic acids is 1. The molecule has 30 heavy (non-hydrogen) atoms. The molecule has 0 fully saturated rings. The van der Waals surface area contributed by atoms with E-state index in [0.717, 1.165) is 23.1 Å². The highest BCUT2D eigenvalue weighted by Crippen LogP contribution is 2.30. The van der Waals surface area contributed by atoms with Crippen molar-refractivity contribution in [2.45, 2.75) is 13.3 Å². The minimum absolute atomic E-state index is 0.149. The second-order valence-corrected chi connectivity index (χ2v) is 7.46. The fourth-order valence-corrected chi connectivity index (χ4v) is 3.34. The van der Waals surface area contributed by atoms with Crippen LogP contribution in [0.3, 0.4) is 0 Å². The molecule has 0 radical (unpaired) electrons. The number of rotatable bonds is 4. The number of aryl methyl sites for hydroxylation is 1. The highest BCUT2D eigenvalue weighted by atomic mass is 35.5. The van der Waals surface area contributed by atoms with Crippen molar-refractivity contribution >= 4 is 51.6 Å². The number of fused-ring (bicyclic) bond motifs is 1. The summed E-state index contributed by atoms with van der Waals surface area (Å²) >= 11 is 11.6. The molecule has 1 amide bonds. The van der Waals surface area contributed by atoms with Crippen LogP contribution in [0.4, 0.5) is 5.69 Å². The standard InChI is InChI=1S/C23H18ClN3O2S/c1-2-14-7-9-15(10-8-14)21(28)27-23(30)26-19-13-16(11-12-17(19)24)22-25-18-5-3-4-6-20(18)29-22/h3-13H,2H2,1H3,(H2,26,27,28,30). The highest BCUT2D eigenvalue weighted by molar-refractivity contribution is 7.80. The normalized spacial score (nSPS) is 10.7. The van der Waals surface area contributed by atoms with Gasteiger partial charge < -0.3 is 9.73 Å². The number of halogens is 1. The first-order valence-electron chi connectivity index (χ1n) is 9.40. The number of hydrogen-bond donors (Lipinski definition) is 2. The SMILES string of the molecule is CCc1ccc(C(=O)NC(=S)Nc2cc(-c3nc4ccccc4o3)ccc2Cl)cc1. The van der Waals surface area contributed by atoms with E-state index in [1.165, 1.54) is 0 Å². The van der Waals surface area contributed by atoms with Gasteiger partial charge in [-0.15, -0.1) is 0 Å². The number of nitrogens with zero attached hydrogens (tertiary/aromatic N) is 1. The van der Waals surface area contributed by atoms with E-state index in [9.17, 15) is 4.79 Å². The summed E-state index contributed by atoms with van der Waals surface area (Å²) < 4.78 is 5.81. The lowest BCUT2D eigenvalue weighted by Crippen LogP contribution is -2.34. The van der Waals surface area contributed by atoms with Crippen molar-refractivity contribution in [3.63, 3.8) is 0 Å². The van der Waals surface area contributed by atoms with Crippen LogP contribution in [0, 0.1) is 0 Å². The molecule has 1 heterocycles. The van der Waals surface area contributed by atoms with Crippen LogP contribution in [0.1, 0.15) is 22.8 Å². The van der Waals surface area contributed by atoms with Crippen molar-refractivity contribution in [3.8, 4) is 11.5 Å². The monoisotopic (exact) mass is 435 g/mol. The van der Waals surface area contributed by atoms with Crippen molar-refractivity contribution in [3.05, 3.63) is 82.9 Å². The van der Waals surface area contributed by atoms with Gasteiger partial charge in [-0.05, 0) is 66.7 Å². The van der Waals surface area contributed by atoms with Crippen LogP contribution in [0.25, 0.3) is 22.6 Å². The Hall–Kier alpha value is -3.22. The van der Waals surface area contributed by atoms with Crippen LogP contribution in [0.2, 0.25) is 5.02 Å². The maximum Gasteiger partial charge on any atom is 0.257 e. The van der Waals surface area contributed by atoms with E-state index in [-0.39, 0.29) is 11.0 Å². The second kappa shape index (κ2) is 8.65. The summed E-state index contributed by atoms with van der Waals surface area (Å²) in [5.74, 6) is 0.184. The Morgan fingerprint density at radius 3 is 2.60 bits per heavy atom. The van der Waals surface area contributed by atoms with Gasteiger partial charge in [0.05, 0.1) is 10.7 Å². The van der Waals surface area contributed by atoms with Gasteiger partial charge in [0.15, 0.2) is 10.7 Å². The van der Waals surface area contributed by atoms with E-state index in [4.69, 9.17) is 28.2 Å². The molecule has 4 aromatic rings. The molecule has 4 rings (SSSR count). The second-order valence-electron chi connectivity index (χ2n) is 6.64. The summed E-state index contributed by atoms with van der Waals surface area (Å²) in [7, 11) is 0. The third-order valence-electron chi connectivity index (χ3n) is 4.61. The first kappa shape index (κ1) is 20.1. The van der Waals surface area contributed by atoms with Crippen LogP contribution >= 0.6 is 23.8 Å². The zero-order valence-corrected chi connectivity index (χ0v) is 17.7. The van der Waals surface area contributed by atoms with E-state index in [1.54, 1.807) is 24.3 Å². The number of nitrogens with one attached hydrogen (secondary N) is 2. The molecule has 0 bridgehead atoms. The van der Waals surface area contributed by atoms with Gasteiger partial charge in [-0.3, -0.25) is 10.1 Å². The maximum atomic E-state index is 12.4. The molecular weight excluding hydrogens is 418 g/mol. The average molecular weight is 436 g/mol. The average Bonchev–Trinajstić information content (AvgIpc) is 3.19. The van der Waals surface area contributed by atoms with Crippen LogP contribution < -0.4 is 10.6 Å². The molecular formula is C23H18ClN3O2S. The number of aromatic nitrogens is 1. The number of carbonyl (C=O) groups is 1. The Labute approximate surface area is 184 Å². The van der Waals surface area contributed by atoms with Crippen LogP contribution in [0.5, 0.6) is 0 Å². The van der Waals surface area contributed by atoms with Crippen LogP contribution in [-0.4, -0.2) is 16.0 Å². The van der Waals surface area contributed by atoms with Gasteiger partial charge >= 0.3 is 0 Å². The largest absolute Gasteiger partial charge is 0.436 e. The number of thiocarbonyl (C=S) groups is 1. The summed E-state index contributed by atoms with van der Waals surface area (Å²) in [4.78, 5) is 16.9. The van der Waals surface area contributed by atoms with Crippen molar-refractivity contribution in [2.75, 3.05) is 5.32 Å². The molecule has 0 saturated carbocycles. The highest BCUT2D eigenvalue weighted by Gasteiger charge is 2.13. The van der Waals surface area contributed by atoms with E-state index < -0.39 is 0 Å². The number of anilines is 1. The summed E-state index contributed by atoms with van der Waals surface area (Å²) in [5, 5.41) is 6.26. The Kier molecular flexibility index (Phi) is 5.79. The van der Waals surface area contributed by atoms with Crippen molar-refractivity contribution in [1.29, 1.82) is 0 Å². The van der Waals surface area contributed by atoms with Gasteiger partial charge in [0.2, 0.25) is 5.89 Å². The Morgan fingerprint density at radius 2 is 1.87 bits per heavy atom. The zero-order chi connectivity index (χ0) is 21.1. The van der Waals surface area contributed by atoms with Crippen LogP contribution in [0.15, 0.2) is 71.1 Å². The lowest BCUT2D eigenvalue weighted by Gasteiger charge is -2.12. The van der Waals surface area contributed by atoms with E-state index in [2.05, 4.69) is 22.5 Å². The molecule has 150 valence electrons. The molecule has 0 atom stereocenters.